The molecule has 4 rings (SSSR count). The normalized spacial score (nSPS) is 10.4. The van der Waals surface area contributed by atoms with Crippen LogP contribution in [0.15, 0.2) is 85.2 Å². The van der Waals surface area contributed by atoms with E-state index in [-0.39, 0.29) is 11.7 Å². The van der Waals surface area contributed by atoms with Crippen LogP contribution in [0.1, 0.15) is 10.4 Å². The lowest BCUT2D eigenvalue weighted by molar-refractivity contribution is 0.102. The number of nitrogens with zero attached hydrogens (tertiary/aromatic N) is 2. The van der Waals surface area contributed by atoms with Crippen LogP contribution in [0.2, 0.25) is 0 Å². The zero-order valence-corrected chi connectivity index (χ0v) is 16.7. The molecule has 0 unspecified atom stereocenters. The number of hydrogen-bond acceptors (Lipinski definition) is 5. The van der Waals surface area contributed by atoms with Gasteiger partial charge in [0.25, 0.3) is 5.91 Å². The van der Waals surface area contributed by atoms with E-state index in [0.29, 0.717) is 34.2 Å². The third-order valence-electron chi connectivity index (χ3n) is 4.55. The number of halogens is 1. The number of carbonyl (C=O) groups excluding carboxylic acids is 1. The summed E-state index contributed by atoms with van der Waals surface area (Å²) in [5.41, 5.74) is 3.30. The lowest BCUT2D eigenvalue weighted by Gasteiger charge is -2.10. The molecule has 0 aliphatic carbocycles. The van der Waals surface area contributed by atoms with Crippen molar-refractivity contribution in [2.75, 3.05) is 17.7 Å². The molecule has 0 radical (unpaired) electrons. The Morgan fingerprint density at radius 1 is 0.903 bits per heavy atom. The highest BCUT2D eigenvalue weighted by Gasteiger charge is 2.08. The summed E-state index contributed by atoms with van der Waals surface area (Å²) in [7, 11) is 1.59. The first-order valence-corrected chi connectivity index (χ1v) is 9.51. The molecule has 1 aromatic heterocycles. The van der Waals surface area contributed by atoms with E-state index in [2.05, 4.69) is 20.6 Å². The van der Waals surface area contributed by atoms with Crippen molar-refractivity contribution in [1.82, 2.24) is 9.97 Å². The van der Waals surface area contributed by atoms with Crippen molar-refractivity contribution in [2.24, 2.45) is 0 Å². The minimum Gasteiger partial charge on any atom is -0.497 e. The number of aromatic nitrogens is 2. The number of amides is 1. The largest absolute Gasteiger partial charge is 0.497 e. The Hall–Kier alpha value is -4.26. The van der Waals surface area contributed by atoms with Gasteiger partial charge in [-0.1, -0.05) is 6.07 Å². The fourth-order valence-electron chi connectivity index (χ4n) is 2.97. The molecule has 0 bridgehead atoms. The van der Waals surface area contributed by atoms with E-state index >= 15 is 0 Å². The second kappa shape index (κ2) is 9.04. The third-order valence-corrected chi connectivity index (χ3v) is 4.55. The summed E-state index contributed by atoms with van der Waals surface area (Å²) < 4.78 is 18.3. The van der Waals surface area contributed by atoms with Gasteiger partial charge in [0.05, 0.1) is 12.8 Å². The monoisotopic (exact) mass is 414 g/mol. The number of carbonyl (C=O) groups is 1. The molecular formula is C24H19FN4O2. The van der Waals surface area contributed by atoms with E-state index in [1.54, 1.807) is 67.8 Å². The fraction of sp³-hybridized carbons (Fsp3) is 0.0417. The average Bonchev–Trinajstić information content (AvgIpc) is 2.80. The summed E-state index contributed by atoms with van der Waals surface area (Å²) in [5.74, 6) is 0.737. The predicted molar refractivity (Wildman–Crippen MR) is 118 cm³/mol. The van der Waals surface area contributed by atoms with Gasteiger partial charge in [0, 0.05) is 28.6 Å². The fourth-order valence-corrected chi connectivity index (χ4v) is 2.97. The zero-order chi connectivity index (χ0) is 21.6. The highest BCUT2D eigenvalue weighted by Crippen LogP contribution is 2.22. The number of rotatable bonds is 6. The van der Waals surface area contributed by atoms with Crippen molar-refractivity contribution in [2.45, 2.75) is 0 Å². The lowest BCUT2D eigenvalue weighted by atomic mass is 10.1. The second-order valence-electron chi connectivity index (χ2n) is 6.68. The summed E-state index contributed by atoms with van der Waals surface area (Å²) in [5, 5.41) is 6.04. The Bertz CT molecular complexity index is 1190. The number of methoxy groups -OCH3 is 1. The molecule has 6 nitrogen and oxygen atoms in total. The summed E-state index contributed by atoms with van der Waals surface area (Å²) in [6, 6.07) is 22.0. The molecule has 7 heteroatoms. The first-order chi connectivity index (χ1) is 15.1. The average molecular weight is 414 g/mol. The molecule has 0 spiro atoms. The van der Waals surface area contributed by atoms with Crippen molar-refractivity contribution in [3.05, 3.63) is 96.6 Å². The predicted octanol–water partition coefficient (Wildman–Crippen LogP) is 5.29. The zero-order valence-electron chi connectivity index (χ0n) is 16.7. The number of hydrogen-bond donors (Lipinski definition) is 2. The maximum Gasteiger partial charge on any atom is 0.255 e. The van der Waals surface area contributed by atoms with Gasteiger partial charge in [0.1, 0.15) is 23.7 Å². The third kappa shape index (κ3) is 5.02. The molecule has 0 fully saturated rings. The van der Waals surface area contributed by atoms with Crippen LogP contribution in [0.25, 0.3) is 11.3 Å². The minimum absolute atomic E-state index is 0.233. The van der Waals surface area contributed by atoms with E-state index in [4.69, 9.17) is 4.74 Å². The van der Waals surface area contributed by atoms with Crippen LogP contribution in [0.4, 0.5) is 21.6 Å². The molecule has 0 atom stereocenters. The van der Waals surface area contributed by atoms with Crippen LogP contribution in [0, 0.1) is 5.82 Å². The van der Waals surface area contributed by atoms with Crippen molar-refractivity contribution in [3.63, 3.8) is 0 Å². The first-order valence-electron chi connectivity index (χ1n) is 9.51. The van der Waals surface area contributed by atoms with Gasteiger partial charge in [-0.3, -0.25) is 4.79 Å². The van der Waals surface area contributed by atoms with Gasteiger partial charge >= 0.3 is 0 Å². The molecule has 31 heavy (non-hydrogen) atoms. The molecule has 1 heterocycles. The van der Waals surface area contributed by atoms with Crippen molar-refractivity contribution < 1.29 is 13.9 Å². The standard InChI is InChI=1S/C24H19FN4O2/c1-31-21-11-9-19(10-12-21)29-24(30)17-3-2-4-20(13-17)28-23-14-22(26-15-27-23)16-5-7-18(25)8-6-16/h2-15H,1H3,(H,29,30)(H,26,27,28). The van der Waals surface area contributed by atoms with Crippen LogP contribution >= 0.6 is 0 Å². The van der Waals surface area contributed by atoms with Gasteiger partial charge < -0.3 is 15.4 Å². The molecular weight excluding hydrogens is 395 g/mol. The number of nitrogens with one attached hydrogen (secondary N) is 2. The molecule has 154 valence electrons. The summed E-state index contributed by atoms with van der Waals surface area (Å²) >= 11 is 0. The van der Waals surface area contributed by atoms with Crippen LogP contribution in [0.3, 0.4) is 0 Å². The Labute approximate surface area is 178 Å². The summed E-state index contributed by atoms with van der Waals surface area (Å²) in [4.78, 5) is 21.1. The second-order valence-corrected chi connectivity index (χ2v) is 6.68. The van der Waals surface area contributed by atoms with E-state index in [0.717, 1.165) is 5.56 Å². The Morgan fingerprint density at radius 2 is 1.68 bits per heavy atom. The molecule has 0 saturated heterocycles. The quantitative estimate of drug-likeness (QED) is 0.449. The summed E-state index contributed by atoms with van der Waals surface area (Å²) in [6.45, 7) is 0. The molecule has 3 aromatic carbocycles. The molecule has 0 saturated carbocycles. The van der Waals surface area contributed by atoms with Crippen LogP contribution in [-0.4, -0.2) is 23.0 Å². The lowest BCUT2D eigenvalue weighted by Crippen LogP contribution is -2.12. The molecule has 4 aromatic rings. The molecule has 0 aliphatic heterocycles. The van der Waals surface area contributed by atoms with E-state index in [1.165, 1.54) is 18.5 Å². The molecule has 2 N–H and O–H groups in total. The van der Waals surface area contributed by atoms with Gasteiger partial charge in [-0.05, 0) is 66.7 Å². The number of benzene rings is 3. The van der Waals surface area contributed by atoms with E-state index < -0.39 is 0 Å². The van der Waals surface area contributed by atoms with E-state index in [9.17, 15) is 9.18 Å². The van der Waals surface area contributed by atoms with Crippen LogP contribution in [0.5, 0.6) is 5.75 Å². The maximum atomic E-state index is 13.2. The van der Waals surface area contributed by atoms with Crippen molar-refractivity contribution in [3.8, 4) is 17.0 Å². The Kier molecular flexibility index (Phi) is 5.84. The highest BCUT2D eigenvalue weighted by atomic mass is 19.1. The van der Waals surface area contributed by atoms with E-state index in [1.807, 2.05) is 6.07 Å². The highest BCUT2D eigenvalue weighted by molar-refractivity contribution is 6.04. The summed E-state index contributed by atoms with van der Waals surface area (Å²) in [6.07, 6.45) is 1.43. The smallest absolute Gasteiger partial charge is 0.255 e. The van der Waals surface area contributed by atoms with Crippen molar-refractivity contribution in [1.29, 1.82) is 0 Å². The molecule has 1 amide bonds. The maximum absolute atomic E-state index is 13.2. The van der Waals surface area contributed by atoms with Gasteiger partial charge in [0.2, 0.25) is 0 Å². The number of ether oxygens (including phenoxy) is 1. The van der Waals surface area contributed by atoms with Crippen LogP contribution < -0.4 is 15.4 Å². The molecule has 0 aliphatic rings. The minimum atomic E-state index is -0.305. The number of anilines is 3. The van der Waals surface area contributed by atoms with Crippen LogP contribution in [-0.2, 0) is 0 Å². The SMILES string of the molecule is COc1ccc(NC(=O)c2cccc(Nc3cc(-c4ccc(F)cc4)ncn3)c2)cc1. The van der Waals surface area contributed by atoms with Gasteiger partial charge in [-0.15, -0.1) is 0 Å². The van der Waals surface area contributed by atoms with Crippen molar-refractivity contribution >= 4 is 23.1 Å². The van der Waals surface area contributed by atoms with Gasteiger partial charge in [0.15, 0.2) is 0 Å². The van der Waals surface area contributed by atoms with Gasteiger partial charge in [-0.25, -0.2) is 14.4 Å². The Morgan fingerprint density at radius 3 is 2.42 bits per heavy atom. The first kappa shape index (κ1) is 20.0. The topological polar surface area (TPSA) is 76.1 Å². The Balaban J connectivity index is 1.48. The van der Waals surface area contributed by atoms with Gasteiger partial charge in [-0.2, -0.15) is 0 Å².